The minimum atomic E-state index is -0.868. The zero-order chi connectivity index (χ0) is 23.2. The lowest BCUT2D eigenvalue weighted by molar-refractivity contribution is -0.112. The first-order valence-electron chi connectivity index (χ1n) is 10.9. The number of nitrogens with two attached hydrogens (primary N) is 1. The molecule has 3 heterocycles. The van der Waals surface area contributed by atoms with Crippen LogP contribution in [0.2, 0.25) is 5.02 Å². The predicted molar refractivity (Wildman–Crippen MR) is 126 cm³/mol. The molecule has 0 bridgehead atoms. The van der Waals surface area contributed by atoms with Crippen LogP contribution in [0.5, 0.6) is 11.5 Å². The molecule has 33 heavy (non-hydrogen) atoms. The topological polar surface area (TPSA) is 111 Å². The second-order valence-corrected chi connectivity index (χ2v) is 8.32. The van der Waals surface area contributed by atoms with E-state index in [4.69, 9.17) is 36.4 Å². The number of carbonyl (C=O) groups is 1. The zero-order valence-electron chi connectivity index (χ0n) is 18.1. The summed E-state index contributed by atoms with van der Waals surface area (Å²) in [5, 5.41) is 12.7. The van der Waals surface area contributed by atoms with Crippen LogP contribution in [0, 0.1) is 0 Å². The van der Waals surface area contributed by atoms with Crippen molar-refractivity contribution < 1.29 is 23.9 Å². The van der Waals surface area contributed by atoms with Crippen LogP contribution in [0.4, 0.5) is 0 Å². The lowest BCUT2D eigenvalue weighted by atomic mass is 10.1. The third-order valence-electron chi connectivity index (χ3n) is 5.54. The molecule has 174 valence electrons. The number of halogens is 1. The van der Waals surface area contributed by atoms with Gasteiger partial charge >= 0.3 is 0 Å². The van der Waals surface area contributed by atoms with Crippen molar-refractivity contribution in [2.45, 2.75) is 19.3 Å². The number of fused-ring (bicyclic) bond motifs is 2. The average Bonchev–Trinajstić information content (AvgIpc) is 3.18. The number of aryl methyl sites for hydroxylation is 1. The number of likely N-dealkylation sites (tertiary alicyclic amines) is 1. The fourth-order valence-corrected chi connectivity index (χ4v) is 3.89. The fourth-order valence-electron chi connectivity index (χ4n) is 3.71. The van der Waals surface area contributed by atoms with Crippen molar-refractivity contribution in [2.24, 2.45) is 10.9 Å². The van der Waals surface area contributed by atoms with Gasteiger partial charge in [0.1, 0.15) is 18.8 Å². The van der Waals surface area contributed by atoms with Gasteiger partial charge in [-0.15, -0.1) is 0 Å². The van der Waals surface area contributed by atoms with Gasteiger partial charge < -0.3 is 29.7 Å². The molecule has 0 unspecified atom stereocenters. The third-order valence-corrected chi connectivity index (χ3v) is 5.78. The lowest BCUT2D eigenvalue weighted by Gasteiger charge is -2.30. The molecule has 1 saturated heterocycles. The number of nitrogens with zero attached hydrogens (tertiary/aromatic N) is 2. The number of benzene rings is 2. The quantitative estimate of drug-likeness (QED) is 0.321. The van der Waals surface area contributed by atoms with Gasteiger partial charge in [-0.3, -0.25) is 4.79 Å². The lowest BCUT2D eigenvalue weighted by Crippen LogP contribution is -2.37. The van der Waals surface area contributed by atoms with Crippen molar-refractivity contribution in [1.29, 1.82) is 0 Å². The Hall–Kier alpha value is -3.23. The number of hydrogen-bond acceptors (Lipinski definition) is 7. The van der Waals surface area contributed by atoms with Crippen LogP contribution in [0.25, 0.3) is 11.0 Å². The number of ether oxygens (including phenoxy) is 2. The summed E-state index contributed by atoms with van der Waals surface area (Å²) < 4.78 is 16.4. The van der Waals surface area contributed by atoms with Gasteiger partial charge in [0.25, 0.3) is 5.91 Å². The number of oxime groups is 1. The van der Waals surface area contributed by atoms with Crippen LogP contribution in [-0.2, 0) is 11.2 Å². The van der Waals surface area contributed by atoms with Crippen LogP contribution in [0.15, 0.2) is 52.0 Å². The van der Waals surface area contributed by atoms with Crippen molar-refractivity contribution in [3.63, 3.8) is 0 Å². The molecule has 0 saturated carbocycles. The maximum absolute atomic E-state index is 10.9. The van der Waals surface area contributed by atoms with E-state index in [9.17, 15) is 4.79 Å². The molecule has 0 atom stereocenters. The maximum atomic E-state index is 10.9. The summed E-state index contributed by atoms with van der Waals surface area (Å²) in [6.45, 7) is 5.16. The van der Waals surface area contributed by atoms with Crippen molar-refractivity contribution in [3.05, 3.63) is 58.8 Å². The Balaban J connectivity index is 0.000000157. The average molecular weight is 472 g/mol. The van der Waals surface area contributed by atoms with Gasteiger partial charge in [-0.05, 0) is 80.9 Å². The van der Waals surface area contributed by atoms with E-state index < -0.39 is 5.91 Å². The summed E-state index contributed by atoms with van der Waals surface area (Å²) in [7, 11) is 0. The fraction of sp³-hybridized carbons (Fsp3) is 0.333. The maximum Gasteiger partial charge on any atom is 0.274 e. The van der Waals surface area contributed by atoms with E-state index in [0.29, 0.717) is 29.2 Å². The second-order valence-electron chi connectivity index (χ2n) is 7.88. The van der Waals surface area contributed by atoms with Gasteiger partial charge in [0, 0.05) is 10.4 Å². The standard InChI is InChI=1S/C14H19NO2.C10H7ClN2O3/c1(6-15-7-2-8-15)3-12-4-5-13-14(11-12)17-10-9-16-13;11-6-1-2-7-5(3-6)4-8(16-7)9(13-15)10(12)14/h4-5,11H,1-3,6-10H2;1-4,15H,(H2,12,14)/b;13-9+. The molecule has 0 radical (unpaired) electrons. The third kappa shape index (κ3) is 5.77. The van der Waals surface area contributed by atoms with E-state index in [2.05, 4.69) is 22.2 Å². The molecule has 3 aromatic rings. The molecule has 2 aromatic carbocycles. The minimum absolute atomic E-state index is 0.104. The van der Waals surface area contributed by atoms with Gasteiger partial charge in [0.15, 0.2) is 17.3 Å². The largest absolute Gasteiger partial charge is 0.486 e. The number of amides is 1. The summed E-state index contributed by atoms with van der Waals surface area (Å²) in [6.07, 6.45) is 3.75. The normalized spacial score (nSPS) is 15.5. The highest BCUT2D eigenvalue weighted by atomic mass is 35.5. The van der Waals surface area contributed by atoms with Crippen LogP contribution < -0.4 is 15.2 Å². The number of rotatable bonds is 6. The van der Waals surface area contributed by atoms with Gasteiger partial charge in [0.2, 0.25) is 5.71 Å². The van der Waals surface area contributed by atoms with Crippen LogP contribution in [0.3, 0.4) is 0 Å². The highest BCUT2D eigenvalue weighted by molar-refractivity contribution is 6.44. The van der Waals surface area contributed by atoms with E-state index in [1.165, 1.54) is 44.1 Å². The molecular weight excluding hydrogens is 446 g/mol. The monoisotopic (exact) mass is 471 g/mol. The van der Waals surface area contributed by atoms with Crippen molar-refractivity contribution in [3.8, 4) is 11.5 Å². The Morgan fingerprint density at radius 2 is 1.88 bits per heavy atom. The van der Waals surface area contributed by atoms with Crippen molar-refractivity contribution in [1.82, 2.24) is 4.90 Å². The Morgan fingerprint density at radius 3 is 2.58 bits per heavy atom. The first-order valence-corrected chi connectivity index (χ1v) is 11.2. The Bertz CT molecular complexity index is 1160. The second kappa shape index (κ2) is 10.6. The smallest absolute Gasteiger partial charge is 0.274 e. The first kappa shape index (κ1) is 22.9. The van der Waals surface area contributed by atoms with Crippen LogP contribution in [-0.4, -0.2) is 54.6 Å². The Labute approximate surface area is 196 Å². The SMILES string of the molecule is NC(=O)/C(=N/O)c1cc2cc(Cl)ccc2o1.c1cc2c(cc1CCCN1CCC1)OCCO2. The van der Waals surface area contributed by atoms with Crippen LogP contribution >= 0.6 is 11.6 Å². The van der Waals surface area contributed by atoms with E-state index in [1.807, 2.05) is 6.07 Å². The number of carbonyl (C=O) groups excluding carboxylic acids is 1. The van der Waals surface area contributed by atoms with Gasteiger partial charge in [-0.2, -0.15) is 0 Å². The van der Waals surface area contributed by atoms with E-state index in [-0.39, 0.29) is 11.5 Å². The molecule has 0 aliphatic carbocycles. The van der Waals surface area contributed by atoms with E-state index in [1.54, 1.807) is 18.2 Å². The molecule has 9 heteroatoms. The summed E-state index contributed by atoms with van der Waals surface area (Å²) in [5.41, 5.74) is 6.57. The number of primary amides is 1. The molecule has 1 fully saturated rings. The molecular formula is C24H26ClN3O5. The Kier molecular flexibility index (Phi) is 7.36. The molecule has 5 rings (SSSR count). The summed E-state index contributed by atoms with van der Waals surface area (Å²) in [6, 6.07) is 12.8. The van der Waals surface area contributed by atoms with E-state index >= 15 is 0 Å². The minimum Gasteiger partial charge on any atom is -0.486 e. The summed E-state index contributed by atoms with van der Waals surface area (Å²) in [4.78, 5) is 13.4. The van der Waals surface area contributed by atoms with Crippen LogP contribution in [0.1, 0.15) is 24.2 Å². The predicted octanol–water partition coefficient (Wildman–Crippen LogP) is 3.85. The molecule has 2 aliphatic heterocycles. The van der Waals surface area contributed by atoms with Gasteiger partial charge in [0.05, 0.1) is 0 Å². The van der Waals surface area contributed by atoms with Gasteiger partial charge in [-0.25, -0.2) is 0 Å². The summed E-state index contributed by atoms with van der Waals surface area (Å²) >= 11 is 5.79. The molecule has 3 N–H and O–H groups in total. The first-order chi connectivity index (χ1) is 16.0. The van der Waals surface area contributed by atoms with Crippen molar-refractivity contribution in [2.75, 3.05) is 32.8 Å². The van der Waals surface area contributed by atoms with Crippen molar-refractivity contribution >= 4 is 34.2 Å². The number of hydrogen-bond donors (Lipinski definition) is 2. The molecule has 8 nitrogen and oxygen atoms in total. The highest BCUT2D eigenvalue weighted by Crippen LogP contribution is 2.31. The molecule has 2 aliphatic rings. The van der Waals surface area contributed by atoms with Gasteiger partial charge in [-0.1, -0.05) is 22.8 Å². The molecule has 0 spiro atoms. The Morgan fingerprint density at radius 1 is 1.09 bits per heavy atom. The summed E-state index contributed by atoms with van der Waals surface area (Å²) in [5.74, 6) is 1.04. The van der Waals surface area contributed by atoms with E-state index in [0.717, 1.165) is 17.9 Å². The molecule has 1 aromatic heterocycles. The highest BCUT2D eigenvalue weighted by Gasteiger charge is 2.17. The zero-order valence-corrected chi connectivity index (χ0v) is 18.9. The molecule has 1 amide bonds. The number of furan rings is 1.